The number of rotatable bonds is 5. The third-order valence-corrected chi connectivity index (χ3v) is 5.99. The lowest BCUT2D eigenvalue weighted by Gasteiger charge is -2.22. The molecule has 0 saturated carbocycles. The summed E-state index contributed by atoms with van der Waals surface area (Å²) < 4.78 is 91.6. The second-order valence-corrected chi connectivity index (χ2v) is 8.60. The first kappa shape index (κ1) is 23.2. The van der Waals surface area contributed by atoms with Gasteiger partial charge in [-0.1, -0.05) is 0 Å². The Morgan fingerprint density at radius 2 is 2.03 bits per heavy atom. The monoisotopic (exact) mass is 491 g/mol. The third-order valence-electron chi connectivity index (χ3n) is 5.99. The van der Waals surface area contributed by atoms with Gasteiger partial charge in [-0.05, 0) is 12.0 Å². The van der Waals surface area contributed by atoms with Crippen LogP contribution in [0.4, 0.5) is 22.0 Å². The van der Waals surface area contributed by atoms with Crippen LogP contribution >= 0.6 is 0 Å². The van der Waals surface area contributed by atoms with E-state index in [-0.39, 0.29) is 36.1 Å². The highest BCUT2D eigenvalue weighted by Gasteiger charge is 2.46. The summed E-state index contributed by atoms with van der Waals surface area (Å²) in [6, 6.07) is 0. The minimum absolute atomic E-state index is 0.0103. The maximum absolute atomic E-state index is 14.1. The quantitative estimate of drug-likeness (QED) is 0.648. The van der Waals surface area contributed by atoms with Crippen molar-refractivity contribution in [3.05, 3.63) is 28.8 Å². The average Bonchev–Trinajstić information content (AvgIpc) is 3.46. The highest BCUT2D eigenvalue weighted by atomic mass is 19.4. The summed E-state index contributed by atoms with van der Waals surface area (Å²) >= 11 is 0. The molecule has 1 N–H and O–H groups in total. The van der Waals surface area contributed by atoms with Gasteiger partial charge in [0.2, 0.25) is 5.76 Å². The van der Waals surface area contributed by atoms with Gasteiger partial charge >= 0.3 is 6.18 Å². The summed E-state index contributed by atoms with van der Waals surface area (Å²) in [6.45, 7) is 0.425. The summed E-state index contributed by atoms with van der Waals surface area (Å²) in [5.74, 6) is -5.07. The Morgan fingerprint density at radius 3 is 2.71 bits per heavy atom. The fourth-order valence-corrected chi connectivity index (χ4v) is 4.49. The molecule has 0 spiro atoms. The Balaban J connectivity index is 1.41. The summed E-state index contributed by atoms with van der Waals surface area (Å²) in [7, 11) is 0. The van der Waals surface area contributed by atoms with E-state index < -0.39 is 48.5 Å². The first-order valence-electron chi connectivity index (χ1n) is 10.9. The average molecular weight is 491 g/mol. The topological polar surface area (TPSA) is 87.8 Å². The van der Waals surface area contributed by atoms with Crippen molar-refractivity contribution in [1.82, 2.24) is 15.1 Å². The molecule has 1 unspecified atom stereocenters. The van der Waals surface area contributed by atoms with Crippen LogP contribution in [-0.2, 0) is 39.8 Å². The maximum Gasteiger partial charge on any atom is 0.420 e. The van der Waals surface area contributed by atoms with Gasteiger partial charge in [0.15, 0.2) is 0 Å². The molecule has 186 valence electrons. The molecule has 1 amide bonds. The maximum atomic E-state index is 14.1. The highest BCUT2D eigenvalue weighted by molar-refractivity contribution is 5.96. The Kier molecular flexibility index (Phi) is 5.89. The predicted octanol–water partition coefficient (Wildman–Crippen LogP) is 2.83. The Labute approximate surface area is 190 Å². The molecule has 2 aliphatic heterocycles. The zero-order valence-corrected chi connectivity index (χ0v) is 17.9. The molecule has 0 radical (unpaired) electrons. The molecule has 8 nitrogen and oxygen atoms in total. The van der Waals surface area contributed by atoms with E-state index in [0.29, 0.717) is 38.3 Å². The molecular formula is C21H22F5N3O5. The molecular weight excluding hydrogens is 469 g/mol. The van der Waals surface area contributed by atoms with E-state index in [1.807, 2.05) is 0 Å². The predicted molar refractivity (Wildman–Crippen MR) is 105 cm³/mol. The van der Waals surface area contributed by atoms with Gasteiger partial charge in [-0.3, -0.25) is 9.48 Å². The van der Waals surface area contributed by atoms with Crippen LogP contribution in [0.2, 0.25) is 0 Å². The molecule has 2 fully saturated rings. The Bertz CT molecular complexity index is 1070. The van der Waals surface area contributed by atoms with E-state index in [0.717, 1.165) is 0 Å². The number of nitrogens with zero attached hydrogens (tertiary/aromatic N) is 2. The lowest BCUT2D eigenvalue weighted by atomic mass is 9.93. The van der Waals surface area contributed by atoms with Crippen LogP contribution in [-0.4, -0.2) is 66.8 Å². The number of halogens is 5. The first-order valence-corrected chi connectivity index (χ1v) is 10.9. The van der Waals surface area contributed by atoms with E-state index in [1.54, 1.807) is 6.20 Å². The third kappa shape index (κ3) is 4.56. The normalized spacial score (nSPS) is 24.0. The molecule has 1 aliphatic carbocycles. The van der Waals surface area contributed by atoms with Crippen molar-refractivity contribution in [2.24, 2.45) is 0 Å². The van der Waals surface area contributed by atoms with E-state index in [2.05, 4.69) is 10.4 Å². The van der Waals surface area contributed by atoms with Crippen molar-refractivity contribution >= 4 is 5.91 Å². The minimum Gasteiger partial charge on any atom is -0.455 e. The number of hydrogen-bond acceptors (Lipinski definition) is 6. The molecule has 2 aromatic heterocycles. The zero-order valence-electron chi connectivity index (χ0n) is 17.9. The standard InChI is InChI=1S/C21H22F5N3O5/c22-20(23)5-12(33-10-20)6-27-19(30)18-16(21(24,25)26)15-14(34-18)2-1-11-7-29(28-17(11)15)8-13-9-31-3-4-32-13/h7,12-13H,1-6,8-10H2,(H,27,30)/t12?,13-/m0/s1. The SMILES string of the molecule is O=C(NCC1CC(F)(F)CO1)c1oc2c(c1C(F)(F)F)-c1nn(C[C@H]3COCCO3)cc1CC2. The second-order valence-electron chi connectivity index (χ2n) is 8.60. The number of carbonyl (C=O) groups excluding carboxylic acids is 1. The van der Waals surface area contributed by atoms with Gasteiger partial charge in [-0.15, -0.1) is 0 Å². The van der Waals surface area contributed by atoms with Crippen molar-refractivity contribution in [1.29, 1.82) is 0 Å². The lowest BCUT2D eigenvalue weighted by molar-refractivity contribution is -0.137. The summed E-state index contributed by atoms with van der Waals surface area (Å²) in [6.07, 6.45) is -4.57. The highest BCUT2D eigenvalue weighted by Crippen LogP contribution is 2.46. The molecule has 0 aromatic carbocycles. The van der Waals surface area contributed by atoms with Crippen molar-refractivity contribution in [3.8, 4) is 11.3 Å². The number of amides is 1. The number of furan rings is 1. The van der Waals surface area contributed by atoms with Crippen LogP contribution in [0.5, 0.6) is 0 Å². The van der Waals surface area contributed by atoms with Crippen molar-refractivity contribution in [2.75, 3.05) is 33.0 Å². The number of aromatic nitrogens is 2. The summed E-state index contributed by atoms with van der Waals surface area (Å²) in [5, 5.41) is 6.58. The van der Waals surface area contributed by atoms with E-state index >= 15 is 0 Å². The summed E-state index contributed by atoms with van der Waals surface area (Å²) in [4.78, 5) is 12.6. The molecule has 4 heterocycles. The number of nitrogens with one attached hydrogen (secondary N) is 1. The molecule has 34 heavy (non-hydrogen) atoms. The van der Waals surface area contributed by atoms with Crippen molar-refractivity contribution < 1.29 is 45.4 Å². The molecule has 2 aromatic rings. The van der Waals surface area contributed by atoms with Crippen molar-refractivity contribution in [2.45, 2.75) is 50.1 Å². The molecule has 2 atom stereocenters. The van der Waals surface area contributed by atoms with Crippen LogP contribution in [0.25, 0.3) is 11.3 Å². The molecule has 3 aliphatic rings. The van der Waals surface area contributed by atoms with Crippen LogP contribution < -0.4 is 5.32 Å². The fraction of sp³-hybridized carbons (Fsp3) is 0.619. The van der Waals surface area contributed by atoms with Crippen LogP contribution in [0.1, 0.15) is 33.9 Å². The Hall–Kier alpha value is -2.51. The van der Waals surface area contributed by atoms with Gasteiger partial charge in [0.25, 0.3) is 11.8 Å². The Morgan fingerprint density at radius 1 is 1.21 bits per heavy atom. The number of ether oxygens (including phenoxy) is 3. The van der Waals surface area contributed by atoms with Gasteiger partial charge in [-0.25, -0.2) is 8.78 Å². The number of hydrogen-bond donors (Lipinski definition) is 1. The molecule has 2 saturated heterocycles. The molecule has 0 bridgehead atoms. The van der Waals surface area contributed by atoms with Gasteiger partial charge in [0, 0.05) is 25.6 Å². The van der Waals surface area contributed by atoms with Gasteiger partial charge in [0.05, 0.1) is 43.7 Å². The fourth-order valence-electron chi connectivity index (χ4n) is 4.49. The zero-order chi connectivity index (χ0) is 24.1. The molecule has 13 heteroatoms. The first-order chi connectivity index (χ1) is 16.1. The van der Waals surface area contributed by atoms with Gasteiger partial charge < -0.3 is 23.9 Å². The number of carbonyl (C=O) groups is 1. The molecule has 5 rings (SSSR count). The number of fused-ring (bicyclic) bond motifs is 3. The number of aryl methyl sites for hydroxylation is 2. The van der Waals surface area contributed by atoms with E-state index in [1.165, 1.54) is 4.68 Å². The largest absolute Gasteiger partial charge is 0.455 e. The van der Waals surface area contributed by atoms with Gasteiger partial charge in [0.1, 0.15) is 24.0 Å². The van der Waals surface area contributed by atoms with E-state index in [9.17, 15) is 26.7 Å². The van der Waals surface area contributed by atoms with Gasteiger partial charge in [-0.2, -0.15) is 18.3 Å². The second kappa shape index (κ2) is 8.61. The van der Waals surface area contributed by atoms with Crippen LogP contribution in [0.3, 0.4) is 0 Å². The van der Waals surface area contributed by atoms with Crippen molar-refractivity contribution in [3.63, 3.8) is 0 Å². The van der Waals surface area contributed by atoms with Crippen LogP contribution in [0.15, 0.2) is 10.6 Å². The summed E-state index contributed by atoms with van der Waals surface area (Å²) in [5.41, 5.74) is -0.779. The van der Waals surface area contributed by atoms with E-state index in [4.69, 9.17) is 18.6 Å². The minimum atomic E-state index is -4.90. The smallest absolute Gasteiger partial charge is 0.420 e. The number of alkyl halides is 5. The lowest BCUT2D eigenvalue weighted by Crippen LogP contribution is -2.33. The van der Waals surface area contributed by atoms with Crippen LogP contribution in [0, 0.1) is 0 Å².